The van der Waals surface area contributed by atoms with E-state index in [-0.39, 0.29) is 5.91 Å². The van der Waals surface area contributed by atoms with Gasteiger partial charge in [-0.25, -0.2) is 0 Å². The summed E-state index contributed by atoms with van der Waals surface area (Å²) in [5, 5.41) is 3.30. The molecule has 0 spiro atoms. The first-order valence-corrected chi connectivity index (χ1v) is 5.54. The smallest absolute Gasteiger partial charge is 0.226 e. The van der Waals surface area contributed by atoms with E-state index in [2.05, 4.69) is 21.2 Å². The molecule has 0 unspecified atom stereocenters. The van der Waals surface area contributed by atoms with E-state index in [1.807, 2.05) is 0 Å². The Hall–Kier alpha value is -0.580. The van der Waals surface area contributed by atoms with Crippen molar-refractivity contribution in [1.29, 1.82) is 0 Å². The highest BCUT2D eigenvalue weighted by Gasteiger charge is 2.03. The number of nitrogens with one attached hydrogen (secondary N) is 1. The van der Waals surface area contributed by atoms with Crippen LogP contribution in [0.5, 0.6) is 0 Å². The average molecular weight is 293 g/mol. The molecule has 1 rings (SSSR count). The lowest BCUT2D eigenvalue weighted by atomic mass is 10.3. The molecule has 1 amide bonds. The van der Waals surface area contributed by atoms with Gasteiger partial charge >= 0.3 is 0 Å². The Balaban J connectivity index is 2.60. The van der Waals surface area contributed by atoms with Gasteiger partial charge in [0, 0.05) is 22.3 Å². The number of methoxy groups -OCH3 is 1. The van der Waals surface area contributed by atoms with E-state index in [4.69, 9.17) is 16.3 Å². The first kappa shape index (κ1) is 12.5. The third-order valence-electron chi connectivity index (χ3n) is 1.68. The fourth-order valence-electron chi connectivity index (χ4n) is 1.04. The summed E-state index contributed by atoms with van der Waals surface area (Å²) in [6.45, 7) is 0.410. The van der Waals surface area contributed by atoms with E-state index in [0.717, 1.165) is 4.47 Å². The number of hydrogen-bond donors (Lipinski definition) is 1. The summed E-state index contributed by atoms with van der Waals surface area (Å²) >= 11 is 9.13. The Labute approximate surface area is 102 Å². The topological polar surface area (TPSA) is 38.3 Å². The summed E-state index contributed by atoms with van der Waals surface area (Å²) in [4.78, 5) is 11.3. The summed E-state index contributed by atoms with van der Waals surface area (Å²) in [7, 11) is 1.56. The predicted octanol–water partition coefficient (Wildman–Crippen LogP) is 3.08. The van der Waals surface area contributed by atoms with Crippen LogP contribution in [0.3, 0.4) is 0 Å². The average Bonchev–Trinajstić information content (AvgIpc) is 2.13. The third kappa shape index (κ3) is 4.64. The SMILES string of the molecule is COCCC(=O)Nc1cc(Cl)cc(Br)c1. The molecule has 3 nitrogen and oxygen atoms in total. The molecule has 0 bridgehead atoms. The fraction of sp³-hybridized carbons (Fsp3) is 0.300. The lowest BCUT2D eigenvalue weighted by molar-refractivity contribution is -0.117. The van der Waals surface area contributed by atoms with Crippen LogP contribution < -0.4 is 5.32 Å². The van der Waals surface area contributed by atoms with Crippen LogP contribution in [0.15, 0.2) is 22.7 Å². The number of rotatable bonds is 4. The minimum atomic E-state index is -0.0917. The van der Waals surface area contributed by atoms with Crippen LogP contribution in [0.4, 0.5) is 5.69 Å². The molecule has 0 saturated heterocycles. The van der Waals surface area contributed by atoms with E-state index in [1.165, 1.54) is 0 Å². The van der Waals surface area contributed by atoms with Crippen molar-refractivity contribution in [2.75, 3.05) is 19.0 Å². The van der Waals surface area contributed by atoms with Gasteiger partial charge in [0.2, 0.25) is 5.91 Å². The predicted molar refractivity (Wildman–Crippen MR) is 64.3 cm³/mol. The Bertz CT molecular complexity index is 337. The molecule has 0 aromatic heterocycles. The monoisotopic (exact) mass is 291 g/mol. The van der Waals surface area contributed by atoms with Gasteiger partial charge in [-0.05, 0) is 18.2 Å². The zero-order valence-electron chi connectivity index (χ0n) is 8.22. The molecule has 0 aliphatic heterocycles. The van der Waals surface area contributed by atoms with Gasteiger partial charge in [-0.3, -0.25) is 4.79 Å². The van der Waals surface area contributed by atoms with Crippen LogP contribution in [0.1, 0.15) is 6.42 Å². The minimum absolute atomic E-state index is 0.0917. The van der Waals surface area contributed by atoms with Crippen molar-refractivity contribution >= 4 is 39.1 Å². The first-order valence-electron chi connectivity index (χ1n) is 4.36. The number of halogens is 2. The van der Waals surface area contributed by atoms with Crippen molar-refractivity contribution in [1.82, 2.24) is 0 Å². The van der Waals surface area contributed by atoms with Crippen LogP contribution >= 0.6 is 27.5 Å². The summed E-state index contributed by atoms with van der Waals surface area (Å²) in [5.41, 5.74) is 0.676. The Morgan fingerprint density at radius 1 is 1.53 bits per heavy atom. The number of carbonyl (C=O) groups is 1. The maximum absolute atomic E-state index is 11.3. The van der Waals surface area contributed by atoms with Crippen molar-refractivity contribution in [2.45, 2.75) is 6.42 Å². The molecule has 0 fully saturated rings. The lowest BCUT2D eigenvalue weighted by Crippen LogP contribution is -2.13. The molecule has 0 radical (unpaired) electrons. The standard InChI is InChI=1S/C10H11BrClNO2/c1-15-3-2-10(14)13-9-5-7(11)4-8(12)6-9/h4-6H,2-3H2,1H3,(H,13,14). The van der Waals surface area contributed by atoms with Crippen LogP contribution in [0.25, 0.3) is 0 Å². The minimum Gasteiger partial charge on any atom is -0.384 e. The van der Waals surface area contributed by atoms with Crippen molar-refractivity contribution < 1.29 is 9.53 Å². The van der Waals surface area contributed by atoms with E-state index in [0.29, 0.717) is 23.7 Å². The maximum atomic E-state index is 11.3. The van der Waals surface area contributed by atoms with Gasteiger partial charge in [0.05, 0.1) is 13.0 Å². The van der Waals surface area contributed by atoms with Gasteiger partial charge in [0.15, 0.2) is 0 Å². The molecule has 1 N–H and O–H groups in total. The Morgan fingerprint density at radius 3 is 2.87 bits per heavy atom. The summed E-state index contributed by atoms with van der Waals surface area (Å²) in [6.07, 6.45) is 0.334. The summed E-state index contributed by atoms with van der Waals surface area (Å²) in [5.74, 6) is -0.0917. The number of amides is 1. The second-order valence-corrected chi connectivity index (χ2v) is 4.30. The molecule has 15 heavy (non-hydrogen) atoms. The fourth-order valence-corrected chi connectivity index (χ4v) is 1.90. The lowest BCUT2D eigenvalue weighted by Gasteiger charge is -2.05. The highest BCUT2D eigenvalue weighted by molar-refractivity contribution is 9.10. The van der Waals surface area contributed by atoms with E-state index in [9.17, 15) is 4.79 Å². The van der Waals surface area contributed by atoms with Crippen molar-refractivity contribution in [3.05, 3.63) is 27.7 Å². The third-order valence-corrected chi connectivity index (χ3v) is 2.36. The molecule has 0 heterocycles. The molecule has 0 atom stereocenters. The maximum Gasteiger partial charge on any atom is 0.226 e. The normalized spacial score (nSPS) is 10.1. The second-order valence-electron chi connectivity index (χ2n) is 2.95. The molecule has 5 heteroatoms. The second kappa shape index (κ2) is 6.10. The van der Waals surface area contributed by atoms with E-state index in [1.54, 1.807) is 25.3 Å². The zero-order chi connectivity index (χ0) is 11.3. The number of ether oxygens (including phenoxy) is 1. The number of hydrogen-bond acceptors (Lipinski definition) is 2. The summed E-state index contributed by atoms with van der Waals surface area (Å²) < 4.78 is 5.63. The van der Waals surface area contributed by atoms with Crippen molar-refractivity contribution in [3.63, 3.8) is 0 Å². The van der Waals surface area contributed by atoms with Crippen molar-refractivity contribution in [2.24, 2.45) is 0 Å². The molecular weight excluding hydrogens is 281 g/mol. The molecule has 1 aromatic rings. The van der Waals surface area contributed by atoms with Gasteiger partial charge in [0.1, 0.15) is 0 Å². The molecule has 82 valence electrons. The first-order chi connectivity index (χ1) is 7.11. The van der Waals surface area contributed by atoms with Gasteiger partial charge in [0.25, 0.3) is 0 Å². The number of anilines is 1. The highest BCUT2D eigenvalue weighted by Crippen LogP contribution is 2.22. The number of carbonyl (C=O) groups excluding carboxylic acids is 1. The largest absolute Gasteiger partial charge is 0.384 e. The van der Waals surface area contributed by atoms with Crippen LogP contribution in [-0.4, -0.2) is 19.6 Å². The van der Waals surface area contributed by atoms with Crippen LogP contribution in [0, 0.1) is 0 Å². The van der Waals surface area contributed by atoms with Crippen molar-refractivity contribution in [3.8, 4) is 0 Å². The zero-order valence-corrected chi connectivity index (χ0v) is 10.6. The highest BCUT2D eigenvalue weighted by atomic mass is 79.9. The van der Waals surface area contributed by atoms with Crippen LogP contribution in [0.2, 0.25) is 5.02 Å². The molecule has 0 aliphatic carbocycles. The summed E-state index contributed by atoms with van der Waals surface area (Å²) in [6, 6.07) is 5.24. The van der Waals surface area contributed by atoms with E-state index < -0.39 is 0 Å². The number of benzene rings is 1. The quantitative estimate of drug-likeness (QED) is 0.926. The van der Waals surface area contributed by atoms with Crippen LogP contribution in [-0.2, 0) is 9.53 Å². The van der Waals surface area contributed by atoms with Gasteiger partial charge < -0.3 is 10.1 Å². The van der Waals surface area contributed by atoms with Gasteiger partial charge in [-0.2, -0.15) is 0 Å². The molecule has 1 aromatic carbocycles. The Kier molecular flexibility index (Phi) is 5.08. The molecular formula is C10H11BrClNO2. The van der Waals surface area contributed by atoms with Gasteiger partial charge in [-0.15, -0.1) is 0 Å². The molecule has 0 saturated carbocycles. The van der Waals surface area contributed by atoms with Gasteiger partial charge in [-0.1, -0.05) is 27.5 Å². The Morgan fingerprint density at radius 2 is 2.27 bits per heavy atom. The van der Waals surface area contributed by atoms with E-state index >= 15 is 0 Å². The molecule has 0 aliphatic rings.